The van der Waals surface area contributed by atoms with Gasteiger partial charge in [0, 0.05) is 5.56 Å². The number of aliphatic hydroxyl groups excluding tert-OH is 1. The minimum absolute atomic E-state index is 0.108. The highest BCUT2D eigenvalue weighted by atomic mass is 19.4. The van der Waals surface area contributed by atoms with E-state index in [1.165, 1.54) is 0 Å². The molecule has 2 aromatic heterocycles. The highest BCUT2D eigenvalue weighted by molar-refractivity contribution is 5.65. The first-order chi connectivity index (χ1) is 13.8. The van der Waals surface area contributed by atoms with Crippen LogP contribution in [0.5, 0.6) is 5.75 Å². The topological polar surface area (TPSA) is 94.2 Å². The van der Waals surface area contributed by atoms with Crippen molar-refractivity contribution in [2.75, 3.05) is 6.61 Å². The molecule has 0 saturated heterocycles. The average molecular weight is 408 g/mol. The van der Waals surface area contributed by atoms with E-state index in [0.717, 1.165) is 5.69 Å². The fourth-order valence-corrected chi connectivity index (χ4v) is 2.85. The van der Waals surface area contributed by atoms with Crippen LogP contribution in [0, 0.1) is 13.8 Å². The predicted molar refractivity (Wildman–Crippen MR) is 96.0 cm³/mol. The summed E-state index contributed by atoms with van der Waals surface area (Å²) in [6, 6.07) is 6.97. The summed E-state index contributed by atoms with van der Waals surface area (Å²) in [7, 11) is 0. The Hall–Kier alpha value is -3.01. The van der Waals surface area contributed by atoms with Crippen LogP contribution in [0.15, 0.2) is 28.8 Å². The maximum absolute atomic E-state index is 12.7. The lowest BCUT2D eigenvalue weighted by atomic mass is 10.0. The summed E-state index contributed by atoms with van der Waals surface area (Å²) in [6.07, 6.45) is -3.32. The molecule has 1 aromatic carbocycles. The van der Waals surface area contributed by atoms with Gasteiger partial charge in [0.2, 0.25) is 5.82 Å². The smallest absolute Gasteiger partial charge is 0.471 e. The first-order valence-corrected chi connectivity index (χ1v) is 8.85. The van der Waals surface area contributed by atoms with Gasteiger partial charge in [-0.3, -0.25) is 0 Å². The van der Waals surface area contributed by atoms with Gasteiger partial charge in [0.1, 0.15) is 5.75 Å². The van der Waals surface area contributed by atoms with Gasteiger partial charge in [-0.15, -0.1) is 0 Å². The van der Waals surface area contributed by atoms with Gasteiger partial charge in [0.15, 0.2) is 0 Å². The highest BCUT2D eigenvalue weighted by Crippen LogP contribution is 2.33. The molecular formula is C19H19F3N4O3. The van der Waals surface area contributed by atoms with Crippen LogP contribution in [-0.2, 0) is 19.2 Å². The van der Waals surface area contributed by atoms with Gasteiger partial charge < -0.3 is 14.4 Å². The van der Waals surface area contributed by atoms with Crippen LogP contribution in [0.25, 0.3) is 11.4 Å². The molecule has 0 aliphatic carbocycles. The molecule has 0 aliphatic heterocycles. The minimum atomic E-state index is -4.68. The molecule has 7 nitrogen and oxygen atoms in total. The molecular weight excluding hydrogens is 389 g/mol. The lowest BCUT2D eigenvalue weighted by Crippen LogP contribution is -2.05. The summed E-state index contributed by atoms with van der Waals surface area (Å²) in [4.78, 5) is 3.45. The molecule has 0 atom stereocenters. The summed E-state index contributed by atoms with van der Waals surface area (Å²) in [5, 5.41) is 20.3. The van der Waals surface area contributed by atoms with E-state index in [0.29, 0.717) is 47.6 Å². The molecule has 0 saturated carbocycles. The Morgan fingerprint density at radius 1 is 1.07 bits per heavy atom. The largest absolute Gasteiger partial charge is 0.494 e. The van der Waals surface area contributed by atoms with Gasteiger partial charge in [-0.25, -0.2) is 0 Å². The van der Waals surface area contributed by atoms with Crippen molar-refractivity contribution in [3.8, 4) is 17.1 Å². The molecule has 10 heteroatoms. The number of rotatable bonds is 7. The van der Waals surface area contributed by atoms with E-state index in [4.69, 9.17) is 9.84 Å². The maximum Gasteiger partial charge on any atom is 0.471 e. The van der Waals surface area contributed by atoms with Gasteiger partial charge in [-0.1, -0.05) is 5.16 Å². The molecule has 29 heavy (non-hydrogen) atoms. The minimum Gasteiger partial charge on any atom is -0.494 e. The van der Waals surface area contributed by atoms with E-state index in [9.17, 15) is 13.2 Å². The van der Waals surface area contributed by atoms with Crippen LogP contribution in [-0.4, -0.2) is 32.1 Å². The maximum atomic E-state index is 12.7. The molecule has 3 aromatic rings. The van der Waals surface area contributed by atoms with Crippen molar-refractivity contribution in [1.82, 2.24) is 20.3 Å². The Kier molecular flexibility index (Phi) is 6.12. The Labute approximate surface area is 164 Å². The van der Waals surface area contributed by atoms with Gasteiger partial charge in [-0.2, -0.15) is 28.4 Å². The zero-order valence-electron chi connectivity index (χ0n) is 15.8. The van der Waals surface area contributed by atoms with Crippen molar-refractivity contribution in [3.05, 3.63) is 52.7 Å². The van der Waals surface area contributed by atoms with Crippen molar-refractivity contribution >= 4 is 0 Å². The first kappa shape index (κ1) is 20.7. The fraction of sp³-hybridized carbons (Fsp3) is 0.368. The molecule has 3 rings (SSSR count). The van der Waals surface area contributed by atoms with Crippen LogP contribution in [0.2, 0.25) is 0 Å². The van der Waals surface area contributed by atoms with Crippen molar-refractivity contribution in [2.24, 2.45) is 0 Å². The van der Waals surface area contributed by atoms with E-state index in [-0.39, 0.29) is 12.4 Å². The Morgan fingerprint density at radius 2 is 1.72 bits per heavy atom. The molecule has 1 N–H and O–H groups in total. The summed E-state index contributed by atoms with van der Waals surface area (Å²) in [5.41, 5.74) is 3.15. The number of aromatic nitrogens is 4. The van der Waals surface area contributed by atoms with Crippen LogP contribution < -0.4 is 4.74 Å². The van der Waals surface area contributed by atoms with Gasteiger partial charge in [0.25, 0.3) is 0 Å². The molecule has 0 spiro atoms. The first-order valence-electron chi connectivity index (χ1n) is 8.85. The SMILES string of the molecule is Cc1cc(OCCCc2ccc(CO)nn2)cc(C)c1-c1noc(C(F)(F)F)n1. The van der Waals surface area contributed by atoms with E-state index >= 15 is 0 Å². The number of hydrogen-bond donors (Lipinski definition) is 1. The number of halogens is 3. The Balaban J connectivity index is 1.62. The number of aryl methyl sites for hydroxylation is 3. The Morgan fingerprint density at radius 3 is 2.28 bits per heavy atom. The van der Waals surface area contributed by atoms with E-state index in [2.05, 4.69) is 24.9 Å². The third-order valence-electron chi connectivity index (χ3n) is 4.18. The third-order valence-corrected chi connectivity index (χ3v) is 4.18. The van der Waals surface area contributed by atoms with Crippen molar-refractivity contribution in [2.45, 2.75) is 39.5 Å². The molecule has 0 radical (unpaired) electrons. The number of nitrogens with zero attached hydrogens (tertiary/aromatic N) is 4. The van der Waals surface area contributed by atoms with Crippen LogP contribution in [0.1, 0.15) is 34.8 Å². The monoisotopic (exact) mass is 408 g/mol. The molecule has 0 fully saturated rings. The number of alkyl halides is 3. The fourth-order valence-electron chi connectivity index (χ4n) is 2.85. The summed E-state index contributed by atoms with van der Waals surface area (Å²) in [6.45, 7) is 3.78. The molecule has 0 bridgehead atoms. The number of hydrogen-bond acceptors (Lipinski definition) is 7. The molecule has 154 valence electrons. The number of aliphatic hydroxyl groups is 1. The summed E-state index contributed by atoms with van der Waals surface area (Å²) >= 11 is 0. The second-order valence-corrected chi connectivity index (χ2v) is 6.48. The summed E-state index contributed by atoms with van der Waals surface area (Å²) < 4.78 is 48.1. The Bertz CT molecular complexity index is 949. The molecule has 0 aliphatic rings. The predicted octanol–water partition coefficient (Wildman–Crippen LogP) is 3.67. The second-order valence-electron chi connectivity index (χ2n) is 6.48. The lowest BCUT2D eigenvalue weighted by molar-refractivity contribution is -0.159. The number of ether oxygens (including phenoxy) is 1. The zero-order chi connectivity index (χ0) is 21.0. The number of benzene rings is 1. The highest BCUT2D eigenvalue weighted by Gasteiger charge is 2.38. The molecule has 2 heterocycles. The molecule has 0 amide bonds. The van der Waals surface area contributed by atoms with Crippen LogP contribution in [0.3, 0.4) is 0 Å². The van der Waals surface area contributed by atoms with Crippen LogP contribution in [0.4, 0.5) is 13.2 Å². The van der Waals surface area contributed by atoms with Gasteiger partial charge in [0.05, 0.1) is 24.6 Å². The summed E-state index contributed by atoms with van der Waals surface area (Å²) in [5.74, 6) is -0.879. The lowest BCUT2D eigenvalue weighted by Gasteiger charge is -2.11. The normalized spacial score (nSPS) is 11.7. The van der Waals surface area contributed by atoms with E-state index < -0.39 is 12.1 Å². The second kappa shape index (κ2) is 8.56. The van der Waals surface area contributed by atoms with Gasteiger partial charge in [-0.05, 0) is 62.1 Å². The van der Waals surface area contributed by atoms with Crippen molar-refractivity contribution in [1.29, 1.82) is 0 Å². The average Bonchev–Trinajstić information content (AvgIpc) is 3.15. The van der Waals surface area contributed by atoms with Crippen molar-refractivity contribution in [3.63, 3.8) is 0 Å². The van der Waals surface area contributed by atoms with Gasteiger partial charge >= 0.3 is 12.1 Å². The standard InChI is InChI=1S/C19H19F3N4O3/c1-11-8-15(28-7-3-4-13-5-6-14(10-27)25-24-13)9-12(2)16(11)17-23-18(29-26-17)19(20,21)22/h5-6,8-9,27H,3-4,7,10H2,1-2H3. The molecule has 0 unspecified atom stereocenters. The quantitative estimate of drug-likeness (QED) is 0.596. The van der Waals surface area contributed by atoms with Crippen molar-refractivity contribution < 1.29 is 27.5 Å². The van der Waals surface area contributed by atoms with E-state index in [1.807, 2.05) is 6.07 Å². The van der Waals surface area contributed by atoms with E-state index in [1.54, 1.807) is 32.0 Å². The third kappa shape index (κ3) is 5.08. The van der Waals surface area contributed by atoms with Crippen LogP contribution >= 0.6 is 0 Å². The zero-order valence-corrected chi connectivity index (χ0v) is 15.8.